The molecular formula is C38H44N6O6. The fourth-order valence-electron chi connectivity index (χ4n) is 5.88. The number of fused-ring (bicyclic) bond motifs is 1. The standard InChI is InChI=1S/C38H44N6O6/c1-38(2,3)50-37(49)44-32-21-33(45)42-31(20-26-22-39-29-17-11-10-16-28(26)29)36(48)43-30(19-25-14-8-5-9-15-25)35(47)41-27(23-40-34(32)46)18-24-12-6-4-7-13-24/h4-17,22,27,30-32,39H,18-21,23H2,1-3H3,(H,40,46)(H,41,47)(H,42,45)(H,43,48)(H,44,49)/t27-,30+,31+,32-/m1/s1. The number of rotatable bonds is 7. The SMILES string of the molecule is CC(C)(C)OC(=O)N[C@@H]1CC(=O)N[C@@H](Cc2c[nH]c3ccccc23)C(=O)N[C@@H](Cc2ccccc2)C(=O)N[C@H](Cc2ccccc2)CNC1=O. The van der Waals surface area contributed by atoms with Crippen molar-refractivity contribution >= 4 is 40.6 Å². The lowest BCUT2D eigenvalue weighted by molar-refractivity contribution is -0.133. The molecule has 1 saturated heterocycles. The number of hydrogen-bond acceptors (Lipinski definition) is 6. The van der Waals surface area contributed by atoms with Gasteiger partial charge in [0.15, 0.2) is 0 Å². The first-order valence-corrected chi connectivity index (χ1v) is 16.7. The van der Waals surface area contributed by atoms with Gasteiger partial charge in [-0.1, -0.05) is 78.9 Å². The predicted molar refractivity (Wildman–Crippen MR) is 189 cm³/mol. The quantitative estimate of drug-likeness (QED) is 0.175. The van der Waals surface area contributed by atoms with E-state index >= 15 is 0 Å². The summed E-state index contributed by atoms with van der Waals surface area (Å²) >= 11 is 0. The molecule has 1 fully saturated rings. The number of aromatic amines is 1. The Morgan fingerprint density at radius 3 is 2.02 bits per heavy atom. The lowest BCUT2D eigenvalue weighted by Gasteiger charge is -2.28. The van der Waals surface area contributed by atoms with E-state index in [0.717, 1.165) is 27.6 Å². The van der Waals surface area contributed by atoms with Crippen LogP contribution in [0.1, 0.15) is 43.9 Å². The van der Waals surface area contributed by atoms with Crippen molar-refractivity contribution in [3.8, 4) is 0 Å². The molecule has 6 N–H and O–H groups in total. The molecule has 262 valence electrons. The number of ether oxygens (including phenoxy) is 1. The van der Waals surface area contributed by atoms with Crippen LogP contribution < -0.4 is 26.6 Å². The summed E-state index contributed by atoms with van der Waals surface area (Å²) in [5.74, 6) is -2.32. The molecule has 3 aromatic carbocycles. The van der Waals surface area contributed by atoms with Crippen LogP contribution in [0.3, 0.4) is 0 Å². The average molecular weight is 681 g/mol. The third-order valence-corrected chi connectivity index (χ3v) is 8.26. The maximum Gasteiger partial charge on any atom is 0.408 e. The summed E-state index contributed by atoms with van der Waals surface area (Å²) < 4.78 is 5.37. The molecule has 5 rings (SSSR count). The number of nitrogens with one attached hydrogen (secondary N) is 6. The summed E-state index contributed by atoms with van der Waals surface area (Å²) in [7, 11) is 0. The third kappa shape index (κ3) is 10.2. The van der Waals surface area contributed by atoms with Crippen LogP contribution in [0.15, 0.2) is 91.1 Å². The van der Waals surface area contributed by atoms with Crippen molar-refractivity contribution in [2.24, 2.45) is 0 Å². The van der Waals surface area contributed by atoms with Crippen molar-refractivity contribution < 1.29 is 28.7 Å². The fourth-order valence-corrected chi connectivity index (χ4v) is 5.88. The molecule has 4 aromatic rings. The molecule has 0 spiro atoms. The van der Waals surface area contributed by atoms with Gasteiger partial charge in [-0.3, -0.25) is 19.2 Å². The van der Waals surface area contributed by atoms with Gasteiger partial charge in [-0.2, -0.15) is 0 Å². The Hall–Kier alpha value is -5.65. The van der Waals surface area contributed by atoms with Crippen molar-refractivity contribution in [2.45, 2.75) is 76.2 Å². The van der Waals surface area contributed by atoms with E-state index in [-0.39, 0.29) is 19.4 Å². The van der Waals surface area contributed by atoms with E-state index in [0.29, 0.717) is 6.42 Å². The Balaban J connectivity index is 1.48. The van der Waals surface area contributed by atoms with E-state index in [9.17, 15) is 24.0 Å². The minimum Gasteiger partial charge on any atom is -0.444 e. The number of hydrogen-bond donors (Lipinski definition) is 6. The number of alkyl carbamates (subject to hydrolysis) is 1. The molecule has 0 unspecified atom stereocenters. The zero-order valence-corrected chi connectivity index (χ0v) is 28.5. The number of amides is 5. The highest BCUT2D eigenvalue weighted by Crippen LogP contribution is 2.20. The number of carbonyl (C=O) groups excluding carboxylic acids is 5. The first-order chi connectivity index (χ1) is 23.9. The summed E-state index contributed by atoms with van der Waals surface area (Å²) in [6.07, 6.45) is 1.08. The largest absolute Gasteiger partial charge is 0.444 e. The molecule has 1 aliphatic heterocycles. The minimum atomic E-state index is -1.33. The number of H-pyrrole nitrogens is 1. The van der Waals surface area contributed by atoms with E-state index in [1.165, 1.54) is 0 Å². The number of aromatic nitrogens is 1. The molecule has 2 heterocycles. The van der Waals surface area contributed by atoms with Gasteiger partial charge in [0.05, 0.1) is 12.5 Å². The lowest BCUT2D eigenvalue weighted by Crippen LogP contribution is -2.59. The molecule has 1 aromatic heterocycles. The highest BCUT2D eigenvalue weighted by molar-refractivity contribution is 5.95. The maximum atomic E-state index is 14.1. The first-order valence-electron chi connectivity index (χ1n) is 16.7. The molecule has 12 nitrogen and oxygen atoms in total. The van der Waals surface area contributed by atoms with Crippen molar-refractivity contribution in [3.63, 3.8) is 0 Å². The average Bonchev–Trinajstić information content (AvgIpc) is 3.48. The Kier molecular flexibility index (Phi) is 11.5. The van der Waals surface area contributed by atoms with Gasteiger partial charge in [0.1, 0.15) is 23.7 Å². The van der Waals surface area contributed by atoms with Crippen molar-refractivity contribution in [2.75, 3.05) is 6.54 Å². The summed E-state index contributed by atoms with van der Waals surface area (Å²) in [6, 6.07) is 22.3. The Bertz CT molecular complexity index is 1800. The highest BCUT2D eigenvalue weighted by Gasteiger charge is 2.33. The van der Waals surface area contributed by atoms with Crippen LogP contribution in [0.5, 0.6) is 0 Å². The van der Waals surface area contributed by atoms with Crippen molar-refractivity contribution in [1.29, 1.82) is 0 Å². The van der Waals surface area contributed by atoms with Crippen molar-refractivity contribution in [3.05, 3.63) is 108 Å². The van der Waals surface area contributed by atoms with E-state index in [1.54, 1.807) is 27.0 Å². The van der Waals surface area contributed by atoms with Gasteiger partial charge in [0.25, 0.3) is 0 Å². The van der Waals surface area contributed by atoms with E-state index in [4.69, 9.17) is 4.74 Å². The molecule has 4 atom stereocenters. The van der Waals surface area contributed by atoms with Gasteiger partial charge < -0.3 is 36.3 Å². The van der Waals surface area contributed by atoms with Gasteiger partial charge >= 0.3 is 6.09 Å². The minimum absolute atomic E-state index is 0.0111. The normalized spacial score (nSPS) is 20.9. The zero-order chi connectivity index (χ0) is 35.7. The second-order valence-corrected chi connectivity index (χ2v) is 13.5. The van der Waals surface area contributed by atoms with Crippen molar-refractivity contribution in [1.82, 2.24) is 31.6 Å². The molecule has 1 aliphatic rings. The second-order valence-electron chi connectivity index (χ2n) is 13.5. The van der Waals surface area contributed by atoms with Gasteiger partial charge in [0, 0.05) is 36.5 Å². The van der Waals surface area contributed by atoms with Gasteiger partial charge in [-0.25, -0.2) is 4.79 Å². The molecule has 50 heavy (non-hydrogen) atoms. The smallest absolute Gasteiger partial charge is 0.408 e. The molecule has 0 radical (unpaired) electrons. The van der Waals surface area contributed by atoms with Crippen LogP contribution in [0.4, 0.5) is 4.79 Å². The number of para-hydroxylation sites is 1. The fraction of sp³-hybridized carbons (Fsp3) is 0.342. The van der Waals surface area contributed by atoms with Crippen LogP contribution >= 0.6 is 0 Å². The molecule has 12 heteroatoms. The second kappa shape index (κ2) is 16.2. The molecule has 0 aliphatic carbocycles. The van der Waals surface area contributed by atoms with Crippen LogP contribution in [0.25, 0.3) is 10.9 Å². The monoisotopic (exact) mass is 680 g/mol. The Morgan fingerprint density at radius 1 is 0.740 bits per heavy atom. The molecular weight excluding hydrogens is 636 g/mol. The topological polar surface area (TPSA) is 171 Å². The van der Waals surface area contributed by atoms with Crippen LogP contribution in [0.2, 0.25) is 0 Å². The summed E-state index contributed by atoms with van der Waals surface area (Å²) in [4.78, 5) is 71.3. The summed E-state index contributed by atoms with van der Waals surface area (Å²) in [6.45, 7) is 5.04. The maximum absolute atomic E-state index is 14.1. The van der Waals surface area contributed by atoms with Gasteiger partial charge in [0.2, 0.25) is 23.6 Å². The van der Waals surface area contributed by atoms with E-state index in [2.05, 4.69) is 31.6 Å². The Morgan fingerprint density at radius 2 is 1.34 bits per heavy atom. The van der Waals surface area contributed by atoms with Crippen LogP contribution in [0, 0.1) is 0 Å². The Labute approximate surface area is 291 Å². The van der Waals surface area contributed by atoms with Crippen LogP contribution in [-0.2, 0) is 43.2 Å². The third-order valence-electron chi connectivity index (χ3n) is 8.26. The van der Waals surface area contributed by atoms with Gasteiger partial charge in [-0.05, 0) is 49.9 Å². The molecule has 0 saturated carbocycles. The van der Waals surface area contributed by atoms with Gasteiger partial charge in [-0.15, -0.1) is 0 Å². The highest BCUT2D eigenvalue weighted by atomic mass is 16.6. The first kappa shape index (κ1) is 35.7. The number of benzene rings is 3. The van der Waals surface area contributed by atoms with Crippen LogP contribution in [-0.4, -0.2) is 71.0 Å². The van der Waals surface area contributed by atoms with E-state index in [1.807, 2.05) is 84.9 Å². The zero-order valence-electron chi connectivity index (χ0n) is 28.5. The predicted octanol–water partition coefficient (Wildman–Crippen LogP) is 3.06. The lowest BCUT2D eigenvalue weighted by atomic mass is 10.0. The molecule has 5 amide bonds. The summed E-state index contributed by atoms with van der Waals surface area (Å²) in [5, 5.41) is 14.9. The number of carbonyl (C=O) groups is 5. The molecule has 0 bridgehead atoms. The van der Waals surface area contributed by atoms with E-state index < -0.39 is 65.9 Å². The summed E-state index contributed by atoms with van der Waals surface area (Å²) in [5.41, 5.74) is 2.53.